The lowest BCUT2D eigenvalue weighted by atomic mass is 10.1. The maximum Gasteiger partial charge on any atom is 0.0690 e. The Morgan fingerprint density at radius 2 is 1.94 bits per heavy atom. The number of para-hydroxylation sites is 1. The van der Waals surface area contributed by atoms with Gasteiger partial charge < -0.3 is 5.32 Å². The van der Waals surface area contributed by atoms with E-state index in [4.69, 9.17) is 0 Å². The second-order valence-electron chi connectivity index (χ2n) is 5.69. The molecule has 0 radical (unpaired) electrons. The van der Waals surface area contributed by atoms with E-state index in [1.165, 1.54) is 11.1 Å². The second kappa shape index (κ2) is 4.94. The molecule has 0 aliphatic rings. The van der Waals surface area contributed by atoms with Crippen LogP contribution in [0.25, 0.3) is 5.69 Å². The summed E-state index contributed by atoms with van der Waals surface area (Å²) in [5.41, 5.74) is 3.69. The molecule has 1 N–H and O–H groups in total. The van der Waals surface area contributed by atoms with Crippen LogP contribution in [0.5, 0.6) is 0 Å². The number of benzene rings is 1. The third kappa shape index (κ3) is 3.20. The van der Waals surface area contributed by atoms with Crippen molar-refractivity contribution in [2.75, 3.05) is 0 Å². The fourth-order valence-electron chi connectivity index (χ4n) is 1.79. The Balaban J connectivity index is 2.26. The van der Waals surface area contributed by atoms with Gasteiger partial charge in [-0.05, 0) is 44.9 Å². The highest BCUT2D eigenvalue weighted by Crippen LogP contribution is 2.15. The van der Waals surface area contributed by atoms with E-state index in [0.717, 1.165) is 12.2 Å². The molecule has 0 saturated heterocycles. The van der Waals surface area contributed by atoms with Crippen molar-refractivity contribution in [2.45, 2.75) is 39.8 Å². The van der Waals surface area contributed by atoms with Crippen molar-refractivity contribution in [3.05, 3.63) is 47.8 Å². The van der Waals surface area contributed by atoms with E-state index >= 15 is 0 Å². The Kier molecular flexibility index (Phi) is 3.53. The summed E-state index contributed by atoms with van der Waals surface area (Å²) in [5, 5.41) is 7.89. The first kappa shape index (κ1) is 12.8. The first-order chi connectivity index (χ1) is 8.46. The lowest BCUT2D eigenvalue weighted by molar-refractivity contribution is 0.424. The van der Waals surface area contributed by atoms with Gasteiger partial charge in [0, 0.05) is 18.3 Å². The summed E-state index contributed by atoms with van der Waals surface area (Å²) in [6, 6.07) is 8.36. The van der Waals surface area contributed by atoms with Crippen LogP contribution in [0.1, 0.15) is 31.9 Å². The van der Waals surface area contributed by atoms with Gasteiger partial charge in [0.1, 0.15) is 0 Å². The molecule has 18 heavy (non-hydrogen) atoms. The lowest BCUT2D eigenvalue weighted by Gasteiger charge is -2.21. The fourth-order valence-corrected chi connectivity index (χ4v) is 1.79. The van der Waals surface area contributed by atoms with Crippen molar-refractivity contribution < 1.29 is 0 Å². The van der Waals surface area contributed by atoms with Gasteiger partial charge >= 0.3 is 0 Å². The van der Waals surface area contributed by atoms with Crippen molar-refractivity contribution >= 4 is 0 Å². The van der Waals surface area contributed by atoms with E-state index in [-0.39, 0.29) is 5.54 Å². The number of rotatable bonds is 3. The molecule has 0 aliphatic heterocycles. The van der Waals surface area contributed by atoms with Crippen molar-refractivity contribution in [2.24, 2.45) is 0 Å². The average molecular weight is 243 g/mol. The molecule has 0 saturated carbocycles. The molecule has 3 heteroatoms. The zero-order chi connectivity index (χ0) is 13.2. The highest BCUT2D eigenvalue weighted by molar-refractivity contribution is 5.40. The van der Waals surface area contributed by atoms with Crippen LogP contribution < -0.4 is 5.32 Å². The predicted octanol–water partition coefficient (Wildman–Crippen LogP) is 3.07. The zero-order valence-electron chi connectivity index (χ0n) is 11.6. The van der Waals surface area contributed by atoms with Gasteiger partial charge in [-0.25, -0.2) is 4.68 Å². The van der Waals surface area contributed by atoms with Crippen LogP contribution in [0.15, 0.2) is 36.7 Å². The number of nitrogens with zero attached hydrogens (tertiary/aromatic N) is 2. The summed E-state index contributed by atoms with van der Waals surface area (Å²) in [6.07, 6.45) is 3.93. The highest BCUT2D eigenvalue weighted by Gasteiger charge is 2.11. The maximum absolute atomic E-state index is 4.38. The van der Waals surface area contributed by atoms with Crippen LogP contribution in [0.2, 0.25) is 0 Å². The molecule has 2 rings (SSSR count). The van der Waals surface area contributed by atoms with E-state index in [9.17, 15) is 0 Å². The van der Waals surface area contributed by atoms with E-state index in [1.807, 2.05) is 16.9 Å². The lowest BCUT2D eigenvalue weighted by Crippen LogP contribution is -2.35. The van der Waals surface area contributed by atoms with Gasteiger partial charge in [-0.15, -0.1) is 0 Å². The summed E-state index contributed by atoms with van der Waals surface area (Å²) >= 11 is 0. The third-order valence-electron chi connectivity index (χ3n) is 2.76. The number of aromatic nitrogens is 2. The van der Waals surface area contributed by atoms with Crippen LogP contribution >= 0.6 is 0 Å². The van der Waals surface area contributed by atoms with Gasteiger partial charge in [0.2, 0.25) is 0 Å². The molecule has 96 valence electrons. The second-order valence-corrected chi connectivity index (χ2v) is 5.69. The Morgan fingerprint density at radius 1 is 1.22 bits per heavy atom. The zero-order valence-corrected chi connectivity index (χ0v) is 11.6. The minimum absolute atomic E-state index is 0.118. The molecule has 0 amide bonds. The highest BCUT2D eigenvalue weighted by atomic mass is 15.3. The third-order valence-corrected chi connectivity index (χ3v) is 2.76. The molecular formula is C15H21N3. The van der Waals surface area contributed by atoms with Gasteiger partial charge in [0.15, 0.2) is 0 Å². The summed E-state index contributed by atoms with van der Waals surface area (Å²) in [6.45, 7) is 9.42. The van der Waals surface area contributed by atoms with Crippen LogP contribution in [0.3, 0.4) is 0 Å². The van der Waals surface area contributed by atoms with Gasteiger partial charge in [0.25, 0.3) is 0 Å². The Labute approximate surface area is 109 Å². The first-order valence-corrected chi connectivity index (χ1v) is 6.30. The Hall–Kier alpha value is -1.61. The van der Waals surface area contributed by atoms with E-state index in [0.29, 0.717) is 0 Å². The average Bonchev–Trinajstić information content (AvgIpc) is 2.72. The molecule has 2 aromatic rings. The summed E-state index contributed by atoms with van der Waals surface area (Å²) in [7, 11) is 0. The summed E-state index contributed by atoms with van der Waals surface area (Å²) in [4.78, 5) is 0. The topological polar surface area (TPSA) is 29.9 Å². The molecule has 0 unspecified atom stereocenters. The van der Waals surface area contributed by atoms with E-state index in [1.54, 1.807) is 0 Å². The van der Waals surface area contributed by atoms with Gasteiger partial charge in [0.05, 0.1) is 11.9 Å². The molecular weight excluding hydrogens is 222 g/mol. The molecule has 1 aromatic carbocycles. The van der Waals surface area contributed by atoms with E-state index in [2.05, 4.69) is 62.5 Å². The molecule has 1 aromatic heterocycles. The quantitative estimate of drug-likeness (QED) is 0.898. The molecule has 0 spiro atoms. The summed E-state index contributed by atoms with van der Waals surface area (Å²) in [5.74, 6) is 0. The molecule has 0 bridgehead atoms. The minimum atomic E-state index is 0.118. The molecule has 1 heterocycles. The van der Waals surface area contributed by atoms with Gasteiger partial charge in [-0.3, -0.25) is 0 Å². The normalized spacial score (nSPS) is 11.8. The number of nitrogens with one attached hydrogen (secondary N) is 1. The molecule has 0 aliphatic carbocycles. The maximum atomic E-state index is 4.38. The van der Waals surface area contributed by atoms with Crippen LogP contribution in [-0.2, 0) is 6.54 Å². The van der Waals surface area contributed by atoms with Crippen molar-refractivity contribution in [3.8, 4) is 5.69 Å². The number of hydrogen-bond acceptors (Lipinski definition) is 2. The molecule has 0 atom stereocenters. The predicted molar refractivity (Wildman–Crippen MR) is 74.9 cm³/mol. The van der Waals surface area contributed by atoms with Crippen molar-refractivity contribution in [1.29, 1.82) is 0 Å². The Morgan fingerprint density at radius 3 is 2.56 bits per heavy atom. The Bertz CT molecular complexity index is 521. The molecule has 0 fully saturated rings. The van der Waals surface area contributed by atoms with Crippen molar-refractivity contribution in [1.82, 2.24) is 15.1 Å². The van der Waals surface area contributed by atoms with Crippen LogP contribution in [-0.4, -0.2) is 15.3 Å². The number of aryl methyl sites for hydroxylation is 1. The fraction of sp³-hybridized carbons (Fsp3) is 0.400. The van der Waals surface area contributed by atoms with Crippen molar-refractivity contribution in [3.63, 3.8) is 0 Å². The first-order valence-electron chi connectivity index (χ1n) is 6.30. The minimum Gasteiger partial charge on any atom is -0.308 e. The standard InChI is InChI=1S/C15H21N3/c1-12-9-17-18(11-12)14-8-6-5-7-13(14)10-16-15(2,3)4/h5-9,11,16H,10H2,1-4H3. The summed E-state index contributed by atoms with van der Waals surface area (Å²) < 4.78 is 1.94. The molecule has 3 nitrogen and oxygen atoms in total. The van der Waals surface area contributed by atoms with E-state index < -0.39 is 0 Å². The van der Waals surface area contributed by atoms with Crippen LogP contribution in [0, 0.1) is 6.92 Å². The van der Waals surface area contributed by atoms with Gasteiger partial charge in [-0.2, -0.15) is 5.10 Å². The van der Waals surface area contributed by atoms with Crippen LogP contribution in [0.4, 0.5) is 0 Å². The SMILES string of the molecule is Cc1cnn(-c2ccccc2CNC(C)(C)C)c1. The largest absolute Gasteiger partial charge is 0.308 e. The smallest absolute Gasteiger partial charge is 0.0690 e. The number of hydrogen-bond donors (Lipinski definition) is 1. The van der Waals surface area contributed by atoms with Gasteiger partial charge in [-0.1, -0.05) is 18.2 Å². The monoisotopic (exact) mass is 243 g/mol.